The summed E-state index contributed by atoms with van der Waals surface area (Å²) < 4.78 is 1.82. The van der Waals surface area contributed by atoms with Crippen LogP contribution in [-0.4, -0.2) is 20.7 Å². The van der Waals surface area contributed by atoms with Crippen LogP contribution in [-0.2, 0) is 4.79 Å². The molecule has 1 amide bonds. The Morgan fingerprint density at radius 2 is 1.89 bits per heavy atom. The normalized spacial score (nSPS) is 15.4. The first-order valence-corrected chi connectivity index (χ1v) is 9.51. The first-order chi connectivity index (χ1) is 13.6. The molecule has 1 aromatic heterocycles. The van der Waals surface area contributed by atoms with Crippen LogP contribution in [0.25, 0.3) is 5.70 Å². The van der Waals surface area contributed by atoms with Gasteiger partial charge in [0.2, 0.25) is 11.9 Å². The smallest absolute Gasteiger partial charge is 0.250 e. The van der Waals surface area contributed by atoms with Crippen molar-refractivity contribution in [1.82, 2.24) is 14.8 Å². The molecule has 3 aromatic rings. The topological polar surface area (TPSA) is 71.8 Å². The summed E-state index contributed by atoms with van der Waals surface area (Å²) in [6.07, 6.45) is 3.37. The largest absolute Gasteiger partial charge is 0.324 e. The van der Waals surface area contributed by atoms with Crippen LogP contribution in [0.2, 0.25) is 0 Å². The minimum atomic E-state index is -0.114. The number of carbonyl (C=O) groups excluding carboxylic acids is 1. The lowest BCUT2D eigenvalue weighted by Crippen LogP contribution is -2.20. The summed E-state index contributed by atoms with van der Waals surface area (Å²) in [5, 5.41) is 10.7. The molecule has 6 nitrogen and oxygen atoms in total. The first-order valence-electron chi connectivity index (χ1n) is 9.51. The number of anilines is 2. The molecule has 142 valence electrons. The van der Waals surface area contributed by atoms with Gasteiger partial charge < -0.3 is 5.32 Å². The maximum atomic E-state index is 12.0. The van der Waals surface area contributed by atoms with Crippen molar-refractivity contribution in [2.24, 2.45) is 0 Å². The van der Waals surface area contributed by atoms with Crippen LogP contribution in [0.3, 0.4) is 0 Å². The third kappa shape index (κ3) is 3.67. The summed E-state index contributed by atoms with van der Waals surface area (Å²) in [6, 6.07) is 18.4. The van der Waals surface area contributed by atoms with Gasteiger partial charge in [0, 0.05) is 12.1 Å². The summed E-state index contributed by atoms with van der Waals surface area (Å²) in [6.45, 7) is 4.04. The predicted molar refractivity (Wildman–Crippen MR) is 111 cm³/mol. The molecule has 0 saturated heterocycles. The molecule has 2 aromatic carbocycles. The van der Waals surface area contributed by atoms with Gasteiger partial charge in [-0.1, -0.05) is 67.1 Å². The Morgan fingerprint density at radius 1 is 1.14 bits per heavy atom. The number of allylic oxidation sites excluding steroid dienone is 1. The maximum absolute atomic E-state index is 12.0. The number of fused-ring (bicyclic) bond motifs is 1. The Morgan fingerprint density at radius 3 is 2.61 bits per heavy atom. The number of carbonyl (C=O) groups is 1. The summed E-state index contributed by atoms with van der Waals surface area (Å²) in [7, 11) is 0. The van der Waals surface area contributed by atoms with Crippen LogP contribution < -0.4 is 10.6 Å². The van der Waals surface area contributed by atoms with E-state index >= 15 is 0 Å². The molecule has 6 heteroatoms. The Hall–Kier alpha value is -3.41. The molecule has 0 spiro atoms. The van der Waals surface area contributed by atoms with Crippen molar-refractivity contribution in [2.75, 3.05) is 10.6 Å². The lowest BCUT2D eigenvalue weighted by Gasteiger charge is -2.24. The van der Waals surface area contributed by atoms with E-state index in [1.807, 2.05) is 29.8 Å². The summed E-state index contributed by atoms with van der Waals surface area (Å²) in [4.78, 5) is 16.5. The Kier molecular flexibility index (Phi) is 4.93. The van der Waals surface area contributed by atoms with Crippen LogP contribution in [0.5, 0.6) is 0 Å². The number of amides is 1. The molecule has 1 aliphatic heterocycles. The van der Waals surface area contributed by atoms with Crippen molar-refractivity contribution in [2.45, 2.75) is 32.7 Å². The average molecular weight is 373 g/mol. The van der Waals surface area contributed by atoms with Gasteiger partial charge in [0.1, 0.15) is 6.04 Å². The molecule has 1 aliphatic rings. The molecule has 0 aliphatic carbocycles. The van der Waals surface area contributed by atoms with E-state index in [2.05, 4.69) is 70.1 Å². The quantitative estimate of drug-likeness (QED) is 0.696. The number of nitrogens with one attached hydrogen (secondary N) is 2. The van der Waals surface area contributed by atoms with Gasteiger partial charge in [0.05, 0.1) is 0 Å². The molecule has 0 unspecified atom stereocenters. The number of aryl methyl sites for hydroxylation is 1. The molecule has 28 heavy (non-hydrogen) atoms. The van der Waals surface area contributed by atoms with Gasteiger partial charge in [-0.25, -0.2) is 4.68 Å². The van der Waals surface area contributed by atoms with Crippen LogP contribution in [0.4, 0.5) is 11.9 Å². The highest BCUT2D eigenvalue weighted by Crippen LogP contribution is 2.33. The van der Waals surface area contributed by atoms with Gasteiger partial charge in [0.15, 0.2) is 0 Å². The molecule has 4 rings (SSSR count). The van der Waals surface area contributed by atoms with Gasteiger partial charge in [-0.15, -0.1) is 5.10 Å². The van der Waals surface area contributed by atoms with Gasteiger partial charge in [0.25, 0.3) is 5.95 Å². The van der Waals surface area contributed by atoms with Crippen LogP contribution in [0.15, 0.2) is 60.7 Å². The monoisotopic (exact) mass is 373 g/mol. The Balaban J connectivity index is 1.73. The minimum Gasteiger partial charge on any atom is -0.324 e. The predicted octanol–water partition coefficient (Wildman–Crippen LogP) is 4.38. The zero-order valence-electron chi connectivity index (χ0n) is 16.0. The highest BCUT2D eigenvalue weighted by molar-refractivity contribution is 5.89. The van der Waals surface area contributed by atoms with Crippen LogP contribution in [0, 0.1) is 6.92 Å². The summed E-state index contributed by atoms with van der Waals surface area (Å²) >= 11 is 0. The second-order valence-electron chi connectivity index (χ2n) is 6.93. The molecular weight excluding hydrogens is 350 g/mol. The summed E-state index contributed by atoms with van der Waals surface area (Å²) in [5.41, 5.74) is 4.36. The molecule has 2 N–H and O–H groups in total. The molecule has 1 atom stereocenters. The highest BCUT2D eigenvalue weighted by atomic mass is 16.1. The average Bonchev–Trinajstić information content (AvgIpc) is 3.11. The SMILES string of the molecule is CCCC(=O)Nc1nc2n(n1)[C@H](c1ccc(C)cc1)C=C(c1ccccc1)N2. The second kappa shape index (κ2) is 7.68. The fraction of sp³-hybridized carbons (Fsp3) is 0.227. The number of aromatic nitrogens is 3. The van der Waals surface area contributed by atoms with E-state index in [1.165, 1.54) is 5.56 Å². The maximum Gasteiger partial charge on any atom is 0.250 e. The van der Waals surface area contributed by atoms with E-state index in [1.54, 1.807) is 0 Å². The van der Waals surface area contributed by atoms with Crippen LogP contribution >= 0.6 is 0 Å². The van der Waals surface area contributed by atoms with E-state index in [9.17, 15) is 4.79 Å². The third-order valence-electron chi connectivity index (χ3n) is 4.70. The number of benzene rings is 2. The third-order valence-corrected chi connectivity index (χ3v) is 4.70. The van der Waals surface area contributed by atoms with E-state index in [0.717, 1.165) is 23.2 Å². The number of nitrogens with zero attached hydrogens (tertiary/aromatic N) is 3. The lowest BCUT2D eigenvalue weighted by atomic mass is 10.0. The van der Waals surface area contributed by atoms with Gasteiger partial charge in [-0.2, -0.15) is 4.98 Å². The van der Waals surface area contributed by atoms with Crippen molar-refractivity contribution in [3.05, 3.63) is 77.4 Å². The lowest BCUT2D eigenvalue weighted by molar-refractivity contribution is -0.116. The molecule has 0 radical (unpaired) electrons. The van der Waals surface area contributed by atoms with Gasteiger partial charge in [-0.05, 0) is 30.5 Å². The minimum absolute atomic E-state index is 0.0754. The molecule has 0 fully saturated rings. The van der Waals surface area contributed by atoms with Crippen molar-refractivity contribution in [3.8, 4) is 0 Å². The summed E-state index contributed by atoms with van der Waals surface area (Å²) in [5.74, 6) is 0.855. The number of rotatable bonds is 5. The Labute approximate surface area is 164 Å². The molecule has 0 bridgehead atoms. The fourth-order valence-electron chi connectivity index (χ4n) is 3.25. The molecular formula is C22H23N5O. The Bertz CT molecular complexity index is 1010. The first kappa shape index (κ1) is 18.0. The van der Waals surface area contributed by atoms with Crippen molar-refractivity contribution >= 4 is 23.5 Å². The van der Waals surface area contributed by atoms with Gasteiger partial charge in [-0.3, -0.25) is 10.1 Å². The molecule has 0 saturated carbocycles. The molecule has 2 heterocycles. The van der Waals surface area contributed by atoms with Crippen LogP contribution in [0.1, 0.15) is 42.5 Å². The second-order valence-corrected chi connectivity index (χ2v) is 6.93. The van der Waals surface area contributed by atoms with Gasteiger partial charge >= 0.3 is 0 Å². The fourth-order valence-corrected chi connectivity index (χ4v) is 3.25. The van der Waals surface area contributed by atoms with E-state index in [-0.39, 0.29) is 11.9 Å². The number of hydrogen-bond donors (Lipinski definition) is 2. The van der Waals surface area contributed by atoms with Crippen molar-refractivity contribution < 1.29 is 4.79 Å². The standard InChI is InChI=1S/C22H23N5O/c1-3-7-20(28)24-21-25-22-23-18(16-8-5-4-6-9-16)14-19(27(22)26-21)17-12-10-15(2)11-13-17/h4-6,8-14,19H,3,7H2,1-2H3,(H2,23,24,25,26,28)/t19-/m0/s1. The zero-order valence-corrected chi connectivity index (χ0v) is 16.0. The van der Waals surface area contributed by atoms with E-state index in [0.29, 0.717) is 18.3 Å². The van der Waals surface area contributed by atoms with E-state index < -0.39 is 0 Å². The van der Waals surface area contributed by atoms with E-state index in [4.69, 9.17) is 0 Å². The zero-order chi connectivity index (χ0) is 19.5. The van der Waals surface area contributed by atoms with Crippen molar-refractivity contribution in [1.29, 1.82) is 0 Å². The highest BCUT2D eigenvalue weighted by Gasteiger charge is 2.25. The van der Waals surface area contributed by atoms with Crippen molar-refractivity contribution in [3.63, 3.8) is 0 Å². The number of hydrogen-bond acceptors (Lipinski definition) is 4.